The monoisotopic (exact) mass is 446 g/mol. The molecule has 0 radical (unpaired) electrons. The number of piperidine rings is 2. The first-order chi connectivity index (χ1) is 16.0. The summed E-state index contributed by atoms with van der Waals surface area (Å²) in [6.45, 7) is 2.47. The van der Waals surface area contributed by atoms with Gasteiger partial charge in [0, 0.05) is 18.7 Å². The summed E-state index contributed by atoms with van der Waals surface area (Å²) in [4.78, 5) is 50.9. The Kier molecular flexibility index (Phi) is 5.68. The molecule has 0 bridgehead atoms. The Bertz CT molecular complexity index is 1120. The highest BCUT2D eigenvalue weighted by Gasteiger charge is 2.45. The molecule has 3 heterocycles. The van der Waals surface area contributed by atoms with E-state index in [2.05, 4.69) is 28.1 Å². The fourth-order valence-corrected chi connectivity index (χ4v) is 4.96. The zero-order valence-corrected chi connectivity index (χ0v) is 18.2. The van der Waals surface area contributed by atoms with Gasteiger partial charge in [-0.3, -0.25) is 29.4 Å². The molecule has 170 valence electrons. The number of rotatable bonds is 5. The molecule has 3 aliphatic heterocycles. The number of anilines is 1. The van der Waals surface area contributed by atoms with Crippen molar-refractivity contribution >= 4 is 29.3 Å². The van der Waals surface area contributed by atoms with Crippen LogP contribution in [0.5, 0.6) is 0 Å². The maximum Gasteiger partial charge on any atom is 0.262 e. The maximum absolute atomic E-state index is 13.2. The van der Waals surface area contributed by atoms with Crippen molar-refractivity contribution in [2.75, 3.05) is 18.4 Å². The minimum absolute atomic E-state index is 0.103. The maximum atomic E-state index is 13.2. The Morgan fingerprint density at radius 2 is 1.67 bits per heavy atom. The summed E-state index contributed by atoms with van der Waals surface area (Å²) >= 11 is 0. The van der Waals surface area contributed by atoms with E-state index in [0.717, 1.165) is 36.5 Å². The number of amides is 4. The van der Waals surface area contributed by atoms with Gasteiger partial charge in [-0.2, -0.15) is 0 Å². The quantitative estimate of drug-likeness (QED) is 0.608. The Morgan fingerprint density at radius 3 is 2.39 bits per heavy atom. The van der Waals surface area contributed by atoms with Gasteiger partial charge in [-0.1, -0.05) is 24.3 Å². The Hall–Kier alpha value is -3.52. The van der Waals surface area contributed by atoms with E-state index in [-0.39, 0.29) is 18.7 Å². The van der Waals surface area contributed by atoms with Crippen LogP contribution in [0.15, 0.2) is 42.5 Å². The molecule has 0 saturated carbocycles. The van der Waals surface area contributed by atoms with Crippen LogP contribution in [0.25, 0.3) is 0 Å². The van der Waals surface area contributed by atoms with Gasteiger partial charge in [0.1, 0.15) is 6.04 Å². The van der Waals surface area contributed by atoms with Crippen LogP contribution in [0.1, 0.15) is 63.4 Å². The lowest BCUT2D eigenvalue weighted by atomic mass is 9.90. The lowest BCUT2D eigenvalue weighted by Crippen LogP contribution is -2.54. The van der Waals surface area contributed by atoms with Crippen LogP contribution in [0, 0.1) is 0 Å². The van der Waals surface area contributed by atoms with Gasteiger partial charge in [-0.15, -0.1) is 0 Å². The van der Waals surface area contributed by atoms with Gasteiger partial charge >= 0.3 is 0 Å². The molecule has 2 aromatic rings. The first-order valence-corrected chi connectivity index (χ1v) is 11.4. The van der Waals surface area contributed by atoms with Crippen molar-refractivity contribution in [3.63, 3.8) is 0 Å². The van der Waals surface area contributed by atoms with Gasteiger partial charge in [0.2, 0.25) is 11.8 Å². The number of nitrogens with one attached hydrogen (secondary N) is 3. The normalized spacial score (nSPS) is 21.2. The number of nitrogens with zero attached hydrogens (tertiary/aromatic N) is 1. The number of fused-ring (bicyclic) bond motifs is 1. The fraction of sp³-hybridized carbons (Fsp3) is 0.360. The lowest BCUT2D eigenvalue weighted by molar-refractivity contribution is -0.136. The third-order valence-electron chi connectivity index (χ3n) is 6.76. The number of imide groups is 2. The first kappa shape index (κ1) is 21.3. The molecule has 1 unspecified atom stereocenters. The zero-order chi connectivity index (χ0) is 22.9. The standard InChI is InChI=1S/C25H26N4O4/c30-21-9-8-20(23(31)28-21)29-24(32)19-3-1-2-17(22(19)25(29)33)14-27-18-6-4-15(5-7-18)16-10-12-26-13-11-16/h1-7,16,20,26-27H,8-14H2,(H,28,30,31). The molecule has 3 aliphatic rings. The number of hydrogen-bond acceptors (Lipinski definition) is 6. The Morgan fingerprint density at radius 1 is 0.909 bits per heavy atom. The van der Waals surface area contributed by atoms with Gasteiger partial charge in [0.25, 0.3) is 11.8 Å². The second-order valence-electron chi connectivity index (χ2n) is 8.79. The second kappa shape index (κ2) is 8.78. The lowest BCUT2D eigenvalue weighted by Gasteiger charge is -2.27. The number of hydrogen-bond donors (Lipinski definition) is 3. The predicted molar refractivity (Wildman–Crippen MR) is 122 cm³/mol. The van der Waals surface area contributed by atoms with Crippen molar-refractivity contribution in [1.29, 1.82) is 0 Å². The molecule has 0 aromatic heterocycles. The summed E-state index contributed by atoms with van der Waals surface area (Å²) in [5.74, 6) is -1.38. The third-order valence-corrected chi connectivity index (χ3v) is 6.76. The summed E-state index contributed by atoms with van der Waals surface area (Å²) in [7, 11) is 0. The van der Waals surface area contributed by atoms with Crippen molar-refractivity contribution in [3.05, 3.63) is 64.7 Å². The number of benzene rings is 2. The predicted octanol–water partition coefficient (Wildman–Crippen LogP) is 2.17. The minimum Gasteiger partial charge on any atom is -0.381 e. The van der Waals surface area contributed by atoms with Crippen molar-refractivity contribution in [2.45, 2.75) is 44.2 Å². The largest absolute Gasteiger partial charge is 0.381 e. The van der Waals surface area contributed by atoms with Crippen molar-refractivity contribution < 1.29 is 19.2 Å². The van der Waals surface area contributed by atoms with Crippen LogP contribution in [-0.4, -0.2) is 47.7 Å². The molecule has 2 saturated heterocycles. The molecule has 33 heavy (non-hydrogen) atoms. The topological polar surface area (TPSA) is 108 Å². The van der Waals surface area contributed by atoms with Crippen LogP contribution >= 0.6 is 0 Å². The molecule has 0 spiro atoms. The SMILES string of the molecule is O=C1CCC(N2C(=O)c3cccc(CNc4ccc(C5CCNCC5)cc4)c3C2=O)C(=O)N1. The Labute approximate surface area is 191 Å². The van der Waals surface area contributed by atoms with E-state index in [1.165, 1.54) is 5.56 Å². The highest BCUT2D eigenvalue weighted by Crippen LogP contribution is 2.31. The summed E-state index contributed by atoms with van der Waals surface area (Å²) in [5.41, 5.74) is 3.59. The van der Waals surface area contributed by atoms with E-state index in [1.54, 1.807) is 12.1 Å². The average molecular weight is 447 g/mol. The highest BCUT2D eigenvalue weighted by atomic mass is 16.2. The van der Waals surface area contributed by atoms with E-state index < -0.39 is 23.8 Å². The third kappa shape index (κ3) is 4.02. The van der Waals surface area contributed by atoms with Gasteiger partial charge < -0.3 is 10.6 Å². The second-order valence-corrected chi connectivity index (χ2v) is 8.79. The average Bonchev–Trinajstić information content (AvgIpc) is 3.09. The van der Waals surface area contributed by atoms with Gasteiger partial charge in [0.05, 0.1) is 11.1 Å². The molecule has 1 atom stereocenters. The van der Waals surface area contributed by atoms with E-state index in [0.29, 0.717) is 29.2 Å². The fourth-order valence-electron chi connectivity index (χ4n) is 4.96. The Balaban J connectivity index is 1.31. The molecule has 5 rings (SSSR count). The van der Waals surface area contributed by atoms with E-state index in [1.807, 2.05) is 18.2 Å². The molecule has 0 aliphatic carbocycles. The molecular weight excluding hydrogens is 420 g/mol. The van der Waals surface area contributed by atoms with E-state index in [4.69, 9.17) is 0 Å². The molecule has 2 fully saturated rings. The van der Waals surface area contributed by atoms with Crippen LogP contribution in [0.3, 0.4) is 0 Å². The zero-order valence-electron chi connectivity index (χ0n) is 18.2. The summed E-state index contributed by atoms with van der Waals surface area (Å²) < 4.78 is 0. The van der Waals surface area contributed by atoms with Crippen molar-refractivity contribution in [2.24, 2.45) is 0 Å². The van der Waals surface area contributed by atoms with Gasteiger partial charge in [0.15, 0.2) is 0 Å². The van der Waals surface area contributed by atoms with Gasteiger partial charge in [-0.05, 0) is 67.6 Å². The highest BCUT2D eigenvalue weighted by molar-refractivity contribution is 6.24. The smallest absolute Gasteiger partial charge is 0.262 e. The van der Waals surface area contributed by atoms with E-state index >= 15 is 0 Å². The van der Waals surface area contributed by atoms with Crippen molar-refractivity contribution in [3.8, 4) is 0 Å². The van der Waals surface area contributed by atoms with Crippen LogP contribution in [0.2, 0.25) is 0 Å². The van der Waals surface area contributed by atoms with Crippen LogP contribution in [-0.2, 0) is 16.1 Å². The number of carbonyl (C=O) groups is 4. The molecule has 4 amide bonds. The molecule has 8 nitrogen and oxygen atoms in total. The molecular formula is C25H26N4O4. The van der Waals surface area contributed by atoms with Crippen LogP contribution in [0.4, 0.5) is 5.69 Å². The van der Waals surface area contributed by atoms with Gasteiger partial charge in [-0.25, -0.2) is 0 Å². The summed E-state index contributed by atoms with van der Waals surface area (Å²) in [6.07, 6.45) is 2.53. The summed E-state index contributed by atoms with van der Waals surface area (Å²) in [6, 6.07) is 12.6. The van der Waals surface area contributed by atoms with E-state index in [9.17, 15) is 19.2 Å². The van der Waals surface area contributed by atoms with Crippen LogP contribution < -0.4 is 16.0 Å². The molecule has 2 aromatic carbocycles. The van der Waals surface area contributed by atoms with Crippen molar-refractivity contribution in [1.82, 2.24) is 15.5 Å². The minimum atomic E-state index is -0.960. The molecule has 3 N–H and O–H groups in total. The summed E-state index contributed by atoms with van der Waals surface area (Å²) in [5, 5.41) is 8.96. The first-order valence-electron chi connectivity index (χ1n) is 11.4. The molecule has 8 heteroatoms. The number of carbonyl (C=O) groups excluding carboxylic acids is 4.